The molecule has 3 aliphatic rings. The van der Waals surface area contributed by atoms with Gasteiger partial charge in [0.05, 0.1) is 19.3 Å². The predicted molar refractivity (Wildman–Crippen MR) is 151 cm³/mol. The van der Waals surface area contributed by atoms with E-state index in [9.17, 15) is 33.9 Å². The van der Waals surface area contributed by atoms with E-state index in [4.69, 9.17) is 40.2 Å². The molecule has 0 radical (unpaired) electrons. The highest BCUT2D eigenvalue weighted by atomic mass is 31.2. The molecule has 0 aromatic carbocycles. The van der Waals surface area contributed by atoms with E-state index in [1.807, 2.05) is 0 Å². The lowest BCUT2D eigenvalue weighted by Crippen LogP contribution is -2.37. The molecule has 23 nitrogen and oxygen atoms in total. The van der Waals surface area contributed by atoms with Gasteiger partial charge in [0, 0.05) is 5.82 Å². The first-order chi connectivity index (χ1) is 21.7. The maximum Gasteiger partial charge on any atom is 0.472 e. The van der Waals surface area contributed by atoms with Crippen LogP contribution in [0.15, 0.2) is 29.3 Å². The molecule has 2 unspecified atom stereocenters. The summed E-state index contributed by atoms with van der Waals surface area (Å²) in [7, 11) is -9.81. The van der Waals surface area contributed by atoms with Crippen LogP contribution < -0.4 is 22.8 Å². The third-order valence-electron chi connectivity index (χ3n) is 7.42. The third kappa shape index (κ3) is 5.26. The van der Waals surface area contributed by atoms with Crippen molar-refractivity contribution in [2.24, 2.45) is 0 Å². The maximum atomic E-state index is 13.2. The number of ether oxygens (including phenoxy) is 2. The molecule has 4 aromatic rings. The number of aromatic amines is 1. The second-order valence-electron chi connectivity index (χ2n) is 10.4. The van der Waals surface area contributed by atoms with E-state index in [0.717, 1.165) is 17.0 Å². The topological polar surface area (TPSA) is 346 Å². The first-order valence-corrected chi connectivity index (χ1v) is 16.4. The van der Waals surface area contributed by atoms with Gasteiger partial charge in [0.15, 0.2) is 35.1 Å². The van der Waals surface area contributed by atoms with Gasteiger partial charge in [-0.25, -0.2) is 14.5 Å². The number of rotatable bonds is 2. The summed E-state index contributed by atoms with van der Waals surface area (Å²) in [4.78, 5) is 55.8. The van der Waals surface area contributed by atoms with E-state index in [0.29, 0.717) is 5.82 Å². The minimum atomic E-state index is -5.06. The molecule has 2 saturated heterocycles. The molecule has 11 N–H and O–H groups in total. The Morgan fingerprint density at radius 1 is 0.891 bits per heavy atom. The largest absolute Gasteiger partial charge is 0.472 e. The molecule has 0 amide bonds. The molecule has 7 rings (SSSR count). The Morgan fingerprint density at radius 2 is 1.54 bits per heavy atom. The SMILES string of the molecule is Nc1nc(N)c2ncn([C@@H]3O[C@@H]4COP(=O)(O)O[C@H]5[C@@H](O)[C@H](n6cnc7c(=O)[nH]c(N)nc76)O[C@@H]5/C=C\P(=O)(O)O[C@H]4[C@H]3O)c2n1. The number of imidazole rings is 2. The van der Waals surface area contributed by atoms with Gasteiger partial charge in [-0.1, -0.05) is 0 Å². The van der Waals surface area contributed by atoms with E-state index < -0.39 is 76.7 Å². The van der Waals surface area contributed by atoms with Crippen LogP contribution >= 0.6 is 15.4 Å². The van der Waals surface area contributed by atoms with Crippen LogP contribution in [0.25, 0.3) is 22.3 Å². The molecule has 25 heteroatoms. The average Bonchev–Trinajstić information content (AvgIpc) is 3.72. The normalized spacial score (nSPS) is 37.5. The second kappa shape index (κ2) is 10.9. The molecule has 246 valence electrons. The van der Waals surface area contributed by atoms with Gasteiger partial charge >= 0.3 is 15.4 Å². The van der Waals surface area contributed by atoms with Crippen molar-refractivity contribution in [2.45, 2.75) is 49.1 Å². The van der Waals surface area contributed by atoms with Crippen LogP contribution in [-0.2, 0) is 32.2 Å². The molecule has 0 aliphatic carbocycles. The van der Waals surface area contributed by atoms with E-state index in [1.54, 1.807) is 0 Å². The number of nitrogens with one attached hydrogen (secondary N) is 1. The number of aromatic nitrogens is 8. The van der Waals surface area contributed by atoms with Crippen molar-refractivity contribution in [1.82, 2.24) is 39.0 Å². The van der Waals surface area contributed by atoms with Crippen LogP contribution in [0.4, 0.5) is 17.7 Å². The number of fused-ring (bicyclic) bond motifs is 4. The van der Waals surface area contributed by atoms with Crippen molar-refractivity contribution < 1.29 is 52.2 Å². The van der Waals surface area contributed by atoms with Gasteiger partial charge in [-0.2, -0.15) is 15.0 Å². The summed E-state index contributed by atoms with van der Waals surface area (Å²) in [6.45, 7) is -0.808. The number of phosphoric acid groups is 1. The minimum Gasteiger partial charge on any atom is -0.386 e. The molecule has 2 fully saturated rings. The number of aliphatic hydroxyl groups is 2. The number of nitrogen functional groups attached to an aromatic ring is 3. The van der Waals surface area contributed by atoms with Crippen LogP contribution in [0.1, 0.15) is 12.5 Å². The van der Waals surface area contributed by atoms with E-state index >= 15 is 0 Å². The number of phosphoric ester groups is 1. The number of nitrogens with two attached hydrogens (primary N) is 3. The van der Waals surface area contributed by atoms with Crippen molar-refractivity contribution in [3.05, 3.63) is 34.9 Å². The number of hydrogen-bond acceptors (Lipinski definition) is 18. The number of nitrogens with zero attached hydrogens (tertiary/aromatic N) is 7. The van der Waals surface area contributed by atoms with Gasteiger partial charge in [-0.15, -0.1) is 0 Å². The second-order valence-corrected chi connectivity index (χ2v) is 13.5. The minimum absolute atomic E-state index is 0.0530. The highest BCUT2D eigenvalue weighted by molar-refractivity contribution is 7.56. The van der Waals surface area contributed by atoms with Crippen molar-refractivity contribution in [2.75, 3.05) is 23.8 Å². The van der Waals surface area contributed by atoms with Gasteiger partial charge in [-0.05, 0) is 6.08 Å². The number of H-pyrrole nitrogens is 1. The quantitative estimate of drug-likeness (QED) is 0.104. The lowest BCUT2D eigenvalue weighted by molar-refractivity contribution is -0.0544. The summed E-state index contributed by atoms with van der Waals surface area (Å²) in [6, 6.07) is 0. The highest BCUT2D eigenvalue weighted by Crippen LogP contribution is 2.53. The molecule has 0 spiro atoms. The van der Waals surface area contributed by atoms with Gasteiger partial charge in [0.25, 0.3) is 5.56 Å². The summed E-state index contributed by atoms with van der Waals surface area (Å²) in [5.41, 5.74) is 16.4. The standard InChI is InChI=1S/C21H25N11O12P2/c22-14-8-15(28-20(23)27-14)31(4-25-8)19-11(34)13-7(42-19)3-40-46(38,39)44-12-6(1-2-45(36,37)43-13)41-18(10(12)33)32-5-26-9-16(32)29-21(24)30-17(9)35/h1-2,4-7,10-13,18-19,33-34H,3H2,(H,36,37)(H,38,39)(H4,22,23,27,28)(H3,24,29,30,35)/b2-1-/t6-,7-,10-,11-,12-,13-,18-,19-/m1/s1. The smallest absolute Gasteiger partial charge is 0.386 e. The Labute approximate surface area is 254 Å². The van der Waals surface area contributed by atoms with Gasteiger partial charge in [-0.3, -0.25) is 37.0 Å². The zero-order valence-corrected chi connectivity index (χ0v) is 24.7. The molecule has 3 aliphatic heterocycles. The Balaban J connectivity index is 1.20. The Bertz CT molecular complexity index is 2030. The lowest BCUT2D eigenvalue weighted by atomic mass is 10.1. The Hall–Kier alpha value is -3.86. The van der Waals surface area contributed by atoms with Crippen LogP contribution in [0.2, 0.25) is 0 Å². The Kier molecular flexibility index (Phi) is 7.26. The van der Waals surface area contributed by atoms with Crippen molar-refractivity contribution in [1.29, 1.82) is 0 Å². The number of anilines is 3. The van der Waals surface area contributed by atoms with Gasteiger partial charge in [0.2, 0.25) is 11.9 Å². The number of aliphatic hydroxyl groups excluding tert-OH is 2. The summed E-state index contributed by atoms with van der Waals surface area (Å²) < 4.78 is 56.2. The molecule has 7 heterocycles. The fourth-order valence-electron chi connectivity index (χ4n) is 5.42. The summed E-state index contributed by atoms with van der Waals surface area (Å²) >= 11 is 0. The fourth-order valence-corrected chi connectivity index (χ4v) is 7.44. The fraction of sp³-hybridized carbons (Fsp3) is 0.429. The Morgan fingerprint density at radius 3 is 2.28 bits per heavy atom. The van der Waals surface area contributed by atoms with Crippen molar-refractivity contribution in [3.63, 3.8) is 0 Å². The van der Waals surface area contributed by atoms with Crippen LogP contribution in [0, 0.1) is 0 Å². The van der Waals surface area contributed by atoms with E-state index in [1.165, 1.54) is 10.9 Å². The lowest BCUT2D eigenvalue weighted by Gasteiger charge is -2.26. The maximum absolute atomic E-state index is 13.2. The molecule has 4 aromatic heterocycles. The molecular weight excluding hydrogens is 660 g/mol. The van der Waals surface area contributed by atoms with Crippen LogP contribution in [-0.4, -0.2) is 102 Å². The molecule has 10 atom stereocenters. The highest BCUT2D eigenvalue weighted by Gasteiger charge is 2.52. The summed E-state index contributed by atoms with van der Waals surface area (Å²) in [5, 5.41) is 22.3. The monoisotopic (exact) mass is 685 g/mol. The predicted octanol–water partition coefficient (Wildman–Crippen LogP) is -2.18. The number of hydrogen-bond donors (Lipinski definition) is 8. The van der Waals surface area contributed by atoms with Gasteiger partial charge in [0.1, 0.15) is 42.1 Å². The van der Waals surface area contributed by atoms with E-state index in [-0.39, 0.29) is 40.0 Å². The van der Waals surface area contributed by atoms with Gasteiger partial charge < -0.3 is 46.7 Å². The summed E-state index contributed by atoms with van der Waals surface area (Å²) in [6.07, 6.45) is -9.19. The van der Waals surface area contributed by atoms with Crippen LogP contribution in [0.5, 0.6) is 0 Å². The van der Waals surface area contributed by atoms with Crippen molar-refractivity contribution in [3.8, 4) is 0 Å². The molecule has 46 heavy (non-hydrogen) atoms. The summed E-state index contributed by atoms with van der Waals surface area (Å²) in [5.74, 6) is 0.164. The molecular formula is C21H25N11O12P2. The zero-order chi connectivity index (χ0) is 32.7. The third-order valence-corrected chi connectivity index (χ3v) is 9.50. The first-order valence-electron chi connectivity index (χ1n) is 13.2. The molecule has 0 saturated carbocycles. The zero-order valence-electron chi connectivity index (χ0n) is 22.9. The molecule has 0 bridgehead atoms. The average molecular weight is 685 g/mol. The van der Waals surface area contributed by atoms with Crippen LogP contribution in [0.3, 0.4) is 0 Å². The van der Waals surface area contributed by atoms with E-state index in [2.05, 4.69) is 29.9 Å². The first kappa shape index (κ1) is 30.8. The van der Waals surface area contributed by atoms with Crippen molar-refractivity contribution >= 4 is 55.5 Å².